The minimum atomic E-state index is -3.50. The maximum Gasteiger partial charge on any atom is 0.436 e. The monoisotopic (exact) mass is 299 g/mol. The van der Waals surface area contributed by atoms with Crippen LogP contribution in [0.5, 0.6) is 0 Å². The Morgan fingerprint density at radius 3 is 1.59 bits per heavy atom. The van der Waals surface area contributed by atoms with Gasteiger partial charge in [-0.3, -0.25) is 0 Å². The maximum absolute atomic E-state index is 12.0. The van der Waals surface area contributed by atoms with Crippen LogP contribution in [0.4, 0.5) is 0 Å². The molecule has 2 heterocycles. The molecule has 2 aliphatic heterocycles. The Morgan fingerprint density at radius 2 is 1.24 bits per heavy atom. The first-order valence-electron chi connectivity index (χ1n) is 5.59. The van der Waals surface area contributed by atoms with Crippen LogP contribution in [0.1, 0.15) is 0 Å². The molecule has 2 fully saturated rings. The van der Waals surface area contributed by atoms with Gasteiger partial charge >= 0.3 is 7.75 Å². The van der Waals surface area contributed by atoms with E-state index in [9.17, 15) is 4.57 Å². The second-order valence-corrected chi connectivity index (χ2v) is 7.64. The van der Waals surface area contributed by atoms with Gasteiger partial charge in [-0.15, -0.1) is 0 Å². The summed E-state index contributed by atoms with van der Waals surface area (Å²) >= 11 is 3.71. The normalized spacial score (nSPS) is 25.0. The molecule has 2 N–H and O–H groups in total. The van der Waals surface area contributed by atoms with Crippen LogP contribution in [0.25, 0.3) is 0 Å². The number of rotatable bonds is 4. The average molecular weight is 299 g/mol. The van der Waals surface area contributed by atoms with Crippen LogP contribution in [-0.4, -0.2) is 59.3 Å². The fourth-order valence-corrected chi connectivity index (χ4v) is 4.33. The van der Waals surface area contributed by atoms with Crippen molar-refractivity contribution in [1.82, 2.24) is 10.1 Å². The fourth-order valence-electron chi connectivity index (χ4n) is 1.59. The van der Waals surface area contributed by atoms with Gasteiger partial charge in [0.05, 0.1) is 0 Å². The van der Waals surface area contributed by atoms with E-state index in [0.717, 1.165) is 49.2 Å². The number of hydroxylamine groups is 4. The van der Waals surface area contributed by atoms with Crippen LogP contribution in [0.3, 0.4) is 0 Å². The zero-order valence-electron chi connectivity index (χ0n) is 9.62. The molecule has 0 saturated carbocycles. The Bertz CT molecular complexity index is 261. The molecular formula is C8H18N3O3PS2. The van der Waals surface area contributed by atoms with Crippen molar-refractivity contribution in [3.63, 3.8) is 0 Å². The van der Waals surface area contributed by atoms with E-state index in [1.54, 1.807) is 10.1 Å². The second kappa shape index (κ2) is 6.77. The summed E-state index contributed by atoms with van der Waals surface area (Å²) in [6.45, 7) is 2.96. The zero-order chi connectivity index (χ0) is 12.1. The van der Waals surface area contributed by atoms with E-state index in [-0.39, 0.29) is 0 Å². The molecule has 6 nitrogen and oxygen atoms in total. The highest BCUT2D eigenvalue weighted by Gasteiger charge is 2.28. The molecule has 2 saturated heterocycles. The van der Waals surface area contributed by atoms with E-state index in [1.807, 2.05) is 23.5 Å². The highest BCUT2D eigenvalue weighted by Crippen LogP contribution is 2.42. The van der Waals surface area contributed by atoms with Gasteiger partial charge in [0.25, 0.3) is 0 Å². The molecule has 0 amide bonds. The summed E-state index contributed by atoms with van der Waals surface area (Å²) in [4.78, 5) is 0. The maximum atomic E-state index is 12.0. The molecular weight excluding hydrogens is 281 g/mol. The SMILES string of the molecule is NP(=O)(ON1CCSCC1)ON1CCSCC1. The average Bonchev–Trinajstić information content (AvgIpc) is 2.30. The van der Waals surface area contributed by atoms with Gasteiger partial charge in [0, 0.05) is 49.2 Å². The summed E-state index contributed by atoms with van der Waals surface area (Å²) < 4.78 is 22.5. The highest BCUT2D eigenvalue weighted by atomic mass is 32.2. The van der Waals surface area contributed by atoms with Gasteiger partial charge in [0.1, 0.15) is 0 Å². The largest absolute Gasteiger partial charge is 0.436 e. The summed E-state index contributed by atoms with van der Waals surface area (Å²) in [5.41, 5.74) is 5.59. The predicted octanol–water partition coefficient (Wildman–Crippen LogP) is 1.01. The highest BCUT2D eigenvalue weighted by molar-refractivity contribution is 7.99. The van der Waals surface area contributed by atoms with Crippen LogP contribution in [0.15, 0.2) is 0 Å². The first-order chi connectivity index (χ1) is 8.16. The Labute approximate surface area is 110 Å². The second-order valence-electron chi connectivity index (χ2n) is 3.79. The number of hydrogen-bond acceptors (Lipinski definition) is 7. The van der Waals surface area contributed by atoms with E-state index < -0.39 is 7.75 Å². The molecule has 0 aromatic heterocycles. The van der Waals surface area contributed by atoms with Gasteiger partial charge in [-0.2, -0.15) is 33.7 Å². The molecule has 0 radical (unpaired) electrons. The van der Waals surface area contributed by atoms with Crippen LogP contribution in [-0.2, 0) is 13.8 Å². The van der Waals surface area contributed by atoms with Gasteiger partial charge in [0.15, 0.2) is 0 Å². The summed E-state index contributed by atoms with van der Waals surface area (Å²) in [6.07, 6.45) is 0. The molecule has 17 heavy (non-hydrogen) atoms. The Morgan fingerprint density at radius 1 is 0.882 bits per heavy atom. The van der Waals surface area contributed by atoms with Crippen molar-refractivity contribution in [1.29, 1.82) is 0 Å². The van der Waals surface area contributed by atoms with Crippen molar-refractivity contribution in [3.05, 3.63) is 0 Å². The first kappa shape index (κ1) is 14.1. The minimum absolute atomic E-state index is 0.741. The smallest absolute Gasteiger partial charge is 0.238 e. The molecule has 0 bridgehead atoms. The Hall–Kier alpha value is 0.730. The van der Waals surface area contributed by atoms with E-state index in [4.69, 9.17) is 14.8 Å². The van der Waals surface area contributed by atoms with Gasteiger partial charge in [0.2, 0.25) is 0 Å². The third kappa shape index (κ3) is 5.08. The topological polar surface area (TPSA) is 68.0 Å². The molecule has 0 aromatic rings. The lowest BCUT2D eigenvalue weighted by Gasteiger charge is -2.31. The van der Waals surface area contributed by atoms with Crippen LogP contribution >= 0.6 is 31.3 Å². The summed E-state index contributed by atoms with van der Waals surface area (Å²) in [5.74, 6) is 3.89. The van der Waals surface area contributed by atoms with E-state index in [1.165, 1.54) is 0 Å². The van der Waals surface area contributed by atoms with E-state index in [0.29, 0.717) is 0 Å². The van der Waals surface area contributed by atoms with Crippen molar-refractivity contribution >= 4 is 31.3 Å². The number of thioether (sulfide) groups is 2. The standard InChI is InChI=1S/C8H18N3O3PS2/c9-15(12,13-10-1-5-16-6-2-10)14-11-3-7-17-8-4-11/h1-8H2,(H2,9,12). The van der Waals surface area contributed by atoms with E-state index >= 15 is 0 Å². The molecule has 0 aromatic carbocycles. The molecule has 0 atom stereocenters. The number of hydrogen-bond donors (Lipinski definition) is 1. The summed E-state index contributed by atoms with van der Waals surface area (Å²) in [6, 6.07) is 0. The summed E-state index contributed by atoms with van der Waals surface area (Å²) in [5, 5.41) is 3.30. The van der Waals surface area contributed by atoms with Crippen LogP contribution in [0.2, 0.25) is 0 Å². The van der Waals surface area contributed by atoms with Crippen molar-refractivity contribution in [2.75, 3.05) is 49.2 Å². The van der Waals surface area contributed by atoms with Gasteiger partial charge in [-0.25, -0.2) is 19.3 Å². The lowest BCUT2D eigenvalue weighted by atomic mass is 10.6. The number of nitrogens with zero attached hydrogens (tertiary/aromatic N) is 2. The van der Waals surface area contributed by atoms with E-state index in [2.05, 4.69) is 0 Å². The molecule has 2 aliphatic rings. The van der Waals surface area contributed by atoms with Gasteiger partial charge in [-0.05, 0) is 0 Å². The molecule has 0 unspecified atom stereocenters. The lowest BCUT2D eigenvalue weighted by molar-refractivity contribution is -0.116. The Balaban J connectivity index is 1.78. The summed E-state index contributed by atoms with van der Waals surface area (Å²) in [7, 11) is -3.50. The zero-order valence-corrected chi connectivity index (χ0v) is 12.1. The van der Waals surface area contributed by atoms with Crippen LogP contribution < -0.4 is 5.50 Å². The lowest BCUT2D eigenvalue weighted by Crippen LogP contribution is -2.36. The van der Waals surface area contributed by atoms with Gasteiger partial charge < -0.3 is 0 Å². The molecule has 0 spiro atoms. The molecule has 100 valence electrons. The third-order valence-electron chi connectivity index (χ3n) is 2.40. The first-order valence-corrected chi connectivity index (χ1v) is 9.51. The Kier molecular flexibility index (Phi) is 5.63. The van der Waals surface area contributed by atoms with Crippen molar-refractivity contribution in [3.8, 4) is 0 Å². The predicted molar refractivity (Wildman–Crippen MR) is 71.8 cm³/mol. The van der Waals surface area contributed by atoms with Gasteiger partial charge in [-0.1, -0.05) is 0 Å². The minimum Gasteiger partial charge on any atom is -0.238 e. The van der Waals surface area contributed by atoms with Crippen LogP contribution in [0, 0.1) is 0 Å². The number of nitrogens with two attached hydrogens (primary N) is 1. The quantitative estimate of drug-likeness (QED) is 0.772. The molecule has 9 heteroatoms. The molecule has 2 rings (SSSR count). The van der Waals surface area contributed by atoms with Crippen molar-refractivity contribution < 1.29 is 13.8 Å². The fraction of sp³-hybridized carbons (Fsp3) is 1.00. The molecule has 0 aliphatic carbocycles. The van der Waals surface area contributed by atoms with Crippen molar-refractivity contribution in [2.45, 2.75) is 0 Å². The van der Waals surface area contributed by atoms with Crippen molar-refractivity contribution in [2.24, 2.45) is 5.50 Å². The third-order valence-corrected chi connectivity index (χ3v) is 5.20.